The van der Waals surface area contributed by atoms with Gasteiger partial charge in [0.2, 0.25) is 0 Å². The van der Waals surface area contributed by atoms with E-state index in [2.05, 4.69) is 47.2 Å². The minimum atomic E-state index is -0.295. The van der Waals surface area contributed by atoms with Crippen molar-refractivity contribution in [3.63, 3.8) is 0 Å². The van der Waals surface area contributed by atoms with Crippen LogP contribution in [0.25, 0.3) is 0 Å². The van der Waals surface area contributed by atoms with E-state index in [1.165, 1.54) is 5.56 Å². The lowest BCUT2D eigenvalue weighted by Gasteiger charge is -2.19. The number of ether oxygens (including phenoxy) is 1. The third-order valence-corrected chi connectivity index (χ3v) is 4.23. The van der Waals surface area contributed by atoms with Gasteiger partial charge in [-0.2, -0.15) is 5.10 Å². The van der Waals surface area contributed by atoms with Crippen molar-refractivity contribution in [1.29, 1.82) is 0 Å². The summed E-state index contributed by atoms with van der Waals surface area (Å²) in [5.41, 5.74) is 5.51. The van der Waals surface area contributed by atoms with Crippen LogP contribution in [-0.2, 0) is 10.2 Å². The van der Waals surface area contributed by atoms with Gasteiger partial charge in [-0.3, -0.25) is 4.79 Å². The Kier molecular flexibility index (Phi) is 6.37. The Hall–Kier alpha value is -2.14. The fourth-order valence-corrected chi connectivity index (χ4v) is 2.40. The number of hydrazone groups is 1. The molecular formula is C20H23BrN2O2. The van der Waals surface area contributed by atoms with E-state index in [9.17, 15) is 4.79 Å². The first-order chi connectivity index (χ1) is 11.8. The van der Waals surface area contributed by atoms with Crippen molar-refractivity contribution < 1.29 is 9.53 Å². The van der Waals surface area contributed by atoms with Crippen molar-refractivity contribution in [3.8, 4) is 5.75 Å². The number of carbonyl (C=O) groups excluding carboxylic acids is 1. The zero-order valence-electron chi connectivity index (χ0n) is 15.0. The summed E-state index contributed by atoms with van der Waals surface area (Å²) in [5, 5.41) is 4.10. The molecule has 0 unspecified atom stereocenters. The van der Waals surface area contributed by atoms with Crippen LogP contribution in [0.15, 0.2) is 58.1 Å². The Morgan fingerprint density at radius 3 is 2.24 bits per heavy atom. The first-order valence-electron chi connectivity index (χ1n) is 8.08. The summed E-state index contributed by atoms with van der Waals surface area (Å²) in [7, 11) is 0. The highest BCUT2D eigenvalue weighted by atomic mass is 79.9. The van der Waals surface area contributed by atoms with E-state index >= 15 is 0 Å². The van der Waals surface area contributed by atoms with E-state index in [0.29, 0.717) is 5.75 Å². The summed E-state index contributed by atoms with van der Waals surface area (Å²) in [6.07, 6.45) is 0. The zero-order valence-corrected chi connectivity index (χ0v) is 16.6. The van der Waals surface area contributed by atoms with Crippen molar-refractivity contribution in [2.45, 2.75) is 33.1 Å². The van der Waals surface area contributed by atoms with Gasteiger partial charge in [0.1, 0.15) is 5.75 Å². The largest absolute Gasteiger partial charge is 0.484 e. The van der Waals surface area contributed by atoms with E-state index in [-0.39, 0.29) is 17.9 Å². The van der Waals surface area contributed by atoms with Crippen LogP contribution in [0.3, 0.4) is 0 Å². The Balaban J connectivity index is 1.86. The molecule has 0 aliphatic carbocycles. The maximum atomic E-state index is 11.9. The maximum Gasteiger partial charge on any atom is 0.277 e. The number of benzene rings is 2. The molecule has 132 valence electrons. The predicted octanol–water partition coefficient (Wildman–Crippen LogP) is 4.67. The summed E-state index contributed by atoms with van der Waals surface area (Å²) in [5.74, 6) is 0.369. The Morgan fingerprint density at radius 1 is 1.08 bits per heavy atom. The fourth-order valence-electron chi connectivity index (χ4n) is 2.13. The lowest BCUT2D eigenvalue weighted by molar-refractivity contribution is -0.123. The zero-order chi connectivity index (χ0) is 18.4. The minimum absolute atomic E-state index is 0.0774. The van der Waals surface area contributed by atoms with Gasteiger partial charge in [-0.15, -0.1) is 0 Å². The molecule has 0 radical (unpaired) electrons. The number of nitrogens with zero attached hydrogens (tertiary/aromatic N) is 1. The van der Waals surface area contributed by atoms with Gasteiger partial charge < -0.3 is 4.74 Å². The summed E-state index contributed by atoms with van der Waals surface area (Å²) in [4.78, 5) is 11.9. The van der Waals surface area contributed by atoms with Crippen molar-refractivity contribution in [2.75, 3.05) is 6.61 Å². The monoisotopic (exact) mass is 402 g/mol. The average molecular weight is 403 g/mol. The Bertz CT molecular complexity index is 745. The third kappa shape index (κ3) is 6.02. The number of hydrogen-bond donors (Lipinski definition) is 1. The fraction of sp³-hybridized carbons (Fsp3) is 0.300. The summed E-state index contributed by atoms with van der Waals surface area (Å²) in [6, 6.07) is 15.5. The molecule has 25 heavy (non-hydrogen) atoms. The molecule has 0 bridgehead atoms. The molecule has 0 spiro atoms. The van der Waals surface area contributed by atoms with Crippen LogP contribution in [0.4, 0.5) is 0 Å². The van der Waals surface area contributed by atoms with Crippen molar-refractivity contribution in [2.24, 2.45) is 5.10 Å². The van der Waals surface area contributed by atoms with E-state index in [4.69, 9.17) is 4.74 Å². The van der Waals surface area contributed by atoms with Gasteiger partial charge in [-0.25, -0.2) is 5.43 Å². The average Bonchev–Trinajstić information content (AvgIpc) is 2.58. The number of hydrogen-bond acceptors (Lipinski definition) is 3. The van der Waals surface area contributed by atoms with Crippen LogP contribution in [0.1, 0.15) is 38.8 Å². The molecule has 0 aliphatic rings. The molecule has 0 aliphatic heterocycles. The van der Waals surface area contributed by atoms with Gasteiger partial charge in [0.05, 0.1) is 5.71 Å². The van der Waals surface area contributed by atoms with Crippen LogP contribution in [0.5, 0.6) is 5.75 Å². The molecule has 2 aromatic carbocycles. The molecule has 0 aromatic heterocycles. The molecule has 0 saturated carbocycles. The van der Waals surface area contributed by atoms with Crippen LogP contribution in [-0.4, -0.2) is 18.2 Å². The van der Waals surface area contributed by atoms with Gasteiger partial charge in [0.25, 0.3) is 5.91 Å². The number of halogens is 1. The van der Waals surface area contributed by atoms with Crippen molar-refractivity contribution in [1.82, 2.24) is 5.43 Å². The number of rotatable bonds is 5. The molecule has 1 amide bonds. The van der Waals surface area contributed by atoms with Crippen LogP contribution in [0.2, 0.25) is 0 Å². The first kappa shape index (κ1) is 19.2. The second-order valence-corrected chi connectivity index (χ2v) is 7.72. The number of carbonyl (C=O) groups is 1. The Labute approximate surface area is 157 Å². The third-order valence-electron chi connectivity index (χ3n) is 3.70. The topological polar surface area (TPSA) is 50.7 Å². The molecule has 5 heteroatoms. The highest BCUT2D eigenvalue weighted by molar-refractivity contribution is 9.10. The summed E-state index contributed by atoms with van der Waals surface area (Å²) >= 11 is 3.39. The van der Waals surface area contributed by atoms with Gasteiger partial charge >= 0.3 is 0 Å². The molecule has 4 nitrogen and oxygen atoms in total. The normalized spacial score (nSPS) is 12.0. The molecule has 0 fully saturated rings. The minimum Gasteiger partial charge on any atom is -0.484 e. The van der Waals surface area contributed by atoms with E-state index < -0.39 is 0 Å². The van der Waals surface area contributed by atoms with E-state index in [1.807, 2.05) is 55.5 Å². The van der Waals surface area contributed by atoms with Crippen molar-refractivity contribution >= 4 is 27.5 Å². The Morgan fingerprint density at radius 2 is 1.68 bits per heavy atom. The lowest BCUT2D eigenvalue weighted by Crippen LogP contribution is -2.25. The number of nitrogens with one attached hydrogen (secondary N) is 1. The summed E-state index contributed by atoms with van der Waals surface area (Å²) < 4.78 is 6.50. The number of amides is 1. The van der Waals surface area contributed by atoms with E-state index in [1.54, 1.807) is 0 Å². The van der Waals surface area contributed by atoms with Crippen LogP contribution >= 0.6 is 15.9 Å². The molecule has 1 N–H and O–H groups in total. The molecule has 0 heterocycles. The summed E-state index contributed by atoms with van der Waals surface area (Å²) in [6.45, 7) is 8.23. The highest BCUT2D eigenvalue weighted by Gasteiger charge is 2.13. The van der Waals surface area contributed by atoms with Crippen LogP contribution < -0.4 is 10.2 Å². The quantitative estimate of drug-likeness (QED) is 0.583. The van der Waals surface area contributed by atoms with Gasteiger partial charge in [-0.05, 0) is 47.7 Å². The standard InChI is InChI=1S/C20H23BrN2O2/c1-14(15-5-9-17(21)10-6-15)22-23-19(24)13-25-18-11-7-16(8-12-18)20(2,3)4/h5-12H,13H2,1-4H3,(H,23,24)/b22-14+. The highest BCUT2D eigenvalue weighted by Crippen LogP contribution is 2.24. The molecular weight excluding hydrogens is 380 g/mol. The van der Waals surface area contributed by atoms with Gasteiger partial charge in [0.15, 0.2) is 6.61 Å². The van der Waals surface area contributed by atoms with Crippen LogP contribution in [0, 0.1) is 0 Å². The lowest BCUT2D eigenvalue weighted by atomic mass is 9.87. The second kappa shape index (κ2) is 8.30. The van der Waals surface area contributed by atoms with E-state index in [0.717, 1.165) is 15.7 Å². The SMILES string of the molecule is C/C(=N\NC(=O)COc1ccc(C(C)(C)C)cc1)c1ccc(Br)cc1. The molecule has 2 rings (SSSR count). The molecule has 0 saturated heterocycles. The smallest absolute Gasteiger partial charge is 0.277 e. The first-order valence-corrected chi connectivity index (χ1v) is 8.87. The second-order valence-electron chi connectivity index (χ2n) is 6.80. The molecule has 2 aromatic rings. The maximum absolute atomic E-state index is 11.9. The van der Waals surface area contributed by atoms with Gasteiger partial charge in [0, 0.05) is 4.47 Å². The van der Waals surface area contributed by atoms with Crippen molar-refractivity contribution in [3.05, 3.63) is 64.1 Å². The predicted molar refractivity (Wildman–Crippen MR) is 105 cm³/mol. The molecule has 0 atom stereocenters. The van der Waals surface area contributed by atoms with Gasteiger partial charge in [-0.1, -0.05) is 61.0 Å².